The molecular weight excluding hydrogens is 365 g/mol. The van der Waals surface area contributed by atoms with Gasteiger partial charge in [-0.1, -0.05) is 31.4 Å². The predicted octanol–water partition coefficient (Wildman–Crippen LogP) is 1.72. The number of hydrogen-bond acceptors (Lipinski definition) is 5. The first kappa shape index (κ1) is 26.5. The molecule has 0 aromatic rings. The van der Waals surface area contributed by atoms with E-state index in [-0.39, 0.29) is 58.2 Å². The minimum absolute atomic E-state index is 0. The topological polar surface area (TPSA) is 115 Å². The van der Waals surface area contributed by atoms with E-state index in [0.717, 1.165) is 5.57 Å². The third kappa shape index (κ3) is 24.6. The predicted molar refractivity (Wildman–Crippen MR) is 81.7 cm³/mol. The zero-order valence-corrected chi connectivity index (χ0v) is 15.7. The van der Waals surface area contributed by atoms with Gasteiger partial charge >= 0.3 is 0 Å². The Hall–Kier alpha value is -0.406. The number of hydrogen-bond donors (Lipinski definition) is 2. The van der Waals surface area contributed by atoms with Crippen molar-refractivity contribution in [2.75, 3.05) is 39.6 Å². The molecule has 0 heterocycles. The summed E-state index contributed by atoms with van der Waals surface area (Å²) in [6.07, 6.45) is 5.16. The Balaban J connectivity index is -0.000000326. The molecule has 4 N–H and O–H groups in total. The van der Waals surface area contributed by atoms with Crippen molar-refractivity contribution in [3.8, 4) is 0 Å². The molecule has 0 saturated heterocycles. The fourth-order valence-electron chi connectivity index (χ4n) is 0.968. The summed E-state index contributed by atoms with van der Waals surface area (Å²) in [6.45, 7) is 9.09. The minimum Gasteiger partial charge on any atom is -0.676 e. The maximum absolute atomic E-state index is 10.2. The fraction of sp³-hybridized carbons (Fsp3) is 0.500. The Morgan fingerprint density at radius 2 is 1.77 bits per heavy atom. The molecule has 0 bridgehead atoms. The van der Waals surface area contributed by atoms with Crippen LogP contribution in [0, 0.1) is 0 Å². The van der Waals surface area contributed by atoms with Crippen LogP contribution in [0.5, 0.6) is 0 Å². The van der Waals surface area contributed by atoms with Crippen molar-refractivity contribution in [1.82, 2.24) is 0 Å². The Labute approximate surface area is 157 Å². The molecule has 0 atom stereocenters. The van der Waals surface area contributed by atoms with E-state index in [1.54, 1.807) is 18.2 Å². The summed E-state index contributed by atoms with van der Waals surface area (Å²) in [5, 5.41) is 7.97. The van der Waals surface area contributed by atoms with Crippen molar-refractivity contribution in [2.45, 2.75) is 6.42 Å². The first-order chi connectivity index (χ1) is 10.1. The average molecular weight is 390 g/mol. The number of primary amides is 1. The Morgan fingerprint density at radius 1 is 1.18 bits per heavy atom. The number of nitrogens with two attached hydrogens (primary N) is 1. The molecule has 0 rings (SSSR count). The van der Waals surface area contributed by atoms with Crippen molar-refractivity contribution in [3.63, 3.8) is 0 Å². The molecule has 0 aromatic heterocycles. The van der Waals surface area contributed by atoms with Crippen molar-refractivity contribution < 1.29 is 57.1 Å². The number of allylic oxidation sites excluding steroid dienone is 2. The first-order valence-electron chi connectivity index (χ1n) is 6.41. The second-order valence-corrected chi connectivity index (χ2v) is 3.65. The number of carbonyl (C=O) groups excluding carboxylic acids is 1. The molecule has 22 heavy (non-hydrogen) atoms. The number of nitrogens with one attached hydrogen (secondary N) is 1. The molecule has 8 heteroatoms. The molecule has 0 aliphatic rings. The van der Waals surface area contributed by atoms with Gasteiger partial charge < -0.3 is 20.9 Å². The summed E-state index contributed by atoms with van der Waals surface area (Å²) in [5.41, 5.74) is 12.4. The average Bonchev–Trinajstić information content (AvgIpc) is 2.46. The molecule has 0 aliphatic heterocycles. The van der Waals surface area contributed by atoms with Crippen molar-refractivity contribution in [3.05, 3.63) is 42.7 Å². The number of amides is 1. The molecule has 1 amide bonds. The van der Waals surface area contributed by atoms with E-state index in [4.69, 9.17) is 26.2 Å². The molecule has 1 radical (unpaired) electrons. The molecule has 0 fully saturated rings. The largest absolute Gasteiger partial charge is 0.676 e. The van der Waals surface area contributed by atoms with Crippen LogP contribution in [0.15, 0.2) is 37.0 Å². The van der Waals surface area contributed by atoms with Crippen LogP contribution in [0.25, 0.3) is 5.73 Å². The van der Waals surface area contributed by atoms with E-state index < -0.39 is 0 Å². The summed E-state index contributed by atoms with van der Waals surface area (Å²) < 4.78 is 9.97. The van der Waals surface area contributed by atoms with Crippen LogP contribution >= 0.6 is 0 Å². The molecule has 0 unspecified atom stereocenters. The van der Waals surface area contributed by atoms with Crippen LogP contribution in [0.4, 0.5) is 0 Å². The third-order valence-electron chi connectivity index (χ3n) is 1.94. The second kappa shape index (κ2) is 22.9. The van der Waals surface area contributed by atoms with Gasteiger partial charge in [0.25, 0.3) is 0 Å². The Kier molecular flexibility index (Phi) is 27.5. The molecule has 0 saturated carbocycles. The normalized spacial score (nSPS) is 10.0. The van der Waals surface area contributed by atoms with Gasteiger partial charge in [0, 0.05) is 45.7 Å². The van der Waals surface area contributed by atoms with Gasteiger partial charge in [-0.2, -0.15) is 0 Å². The van der Waals surface area contributed by atoms with Crippen LogP contribution in [0.2, 0.25) is 0 Å². The summed E-state index contributed by atoms with van der Waals surface area (Å²) in [5.74, 6) is -0.359. The van der Waals surface area contributed by atoms with Gasteiger partial charge in [0.1, 0.15) is 6.61 Å². The molecule has 0 aromatic carbocycles. The Bertz CT molecular complexity index is 312. The fourth-order valence-corrected chi connectivity index (χ4v) is 0.968. The van der Waals surface area contributed by atoms with E-state index in [0.29, 0.717) is 26.4 Å². The van der Waals surface area contributed by atoms with Crippen LogP contribution in [-0.2, 0) is 51.9 Å². The quantitative estimate of drug-likeness (QED) is 0.228. The zero-order chi connectivity index (χ0) is 16.3. The van der Waals surface area contributed by atoms with E-state index >= 15 is 0 Å². The summed E-state index contributed by atoms with van der Waals surface area (Å²) in [6, 6.07) is 0. The number of rotatable bonds is 12. The standard InChI is InChI=1S/C7H15N2O3.C7H10O2.Y/c8-2-4-12-6-5-11-3-1-7(9)10;1-3-5-7(4-2)6-9-8;/h8H,1-6H2,(H2,9,10);3-5,8H,1-2,6H2;/q-1;;/b;7-5+;. The van der Waals surface area contributed by atoms with Gasteiger partial charge in [-0.25, -0.2) is 4.89 Å². The van der Waals surface area contributed by atoms with Gasteiger partial charge in [0.2, 0.25) is 5.91 Å². The Morgan fingerprint density at radius 3 is 2.18 bits per heavy atom. The maximum Gasteiger partial charge on any atom is 0.219 e. The van der Waals surface area contributed by atoms with E-state index in [1.165, 1.54) is 0 Å². The van der Waals surface area contributed by atoms with E-state index in [2.05, 4.69) is 18.0 Å². The summed E-state index contributed by atoms with van der Waals surface area (Å²) in [7, 11) is 0. The first-order valence-corrected chi connectivity index (χ1v) is 6.41. The second-order valence-electron chi connectivity index (χ2n) is 3.65. The van der Waals surface area contributed by atoms with Gasteiger partial charge in [0.15, 0.2) is 0 Å². The summed E-state index contributed by atoms with van der Waals surface area (Å²) >= 11 is 0. The SMILES string of the molecule is C=C/C=C(\C=C)COO.[NH-]CCOCCOCCC(N)=O.[Y]. The van der Waals surface area contributed by atoms with Crippen LogP contribution in [-0.4, -0.2) is 50.7 Å². The summed E-state index contributed by atoms with van der Waals surface area (Å²) in [4.78, 5) is 14.1. The third-order valence-corrected chi connectivity index (χ3v) is 1.94. The monoisotopic (exact) mass is 390 g/mol. The molecule has 0 aliphatic carbocycles. The van der Waals surface area contributed by atoms with Crippen molar-refractivity contribution in [2.24, 2.45) is 5.73 Å². The van der Waals surface area contributed by atoms with E-state index in [9.17, 15) is 4.79 Å². The van der Waals surface area contributed by atoms with Crippen molar-refractivity contribution >= 4 is 5.91 Å². The number of carbonyl (C=O) groups is 1. The van der Waals surface area contributed by atoms with Crippen LogP contribution in [0.3, 0.4) is 0 Å². The molecule has 7 nitrogen and oxygen atoms in total. The van der Waals surface area contributed by atoms with E-state index in [1.807, 2.05) is 0 Å². The molecule has 0 spiro atoms. The maximum atomic E-state index is 10.2. The van der Waals surface area contributed by atoms with Gasteiger partial charge in [-0.05, 0) is 5.57 Å². The molecule has 125 valence electrons. The van der Waals surface area contributed by atoms with Gasteiger partial charge in [-0.3, -0.25) is 10.1 Å². The van der Waals surface area contributed by atoms with Crippen molar-refractivity contribution in [1.29, 1.82) is 0 Å². The van der Waals surface area contributed by atoms with Crippen LogP contribution in [0.1, 0.15) is 6.42 Å². The zero-order valence-electron chi connectivity index (χ0n) is 12.8. The minimum atomic E-state index is -0.359. The number of ether oxygens (including phenoxy) is 2. The van der Waals surface area contributed by atoms with Gasteiger partial charge in [-0.15, -0.1) is 6.54 Å². The van der Waals surface area contributed by atoms with Gasteiger partial charge in [0.05, 0.1) is 19.8 Å². The molecular formula is C14H25N2O5Y-. The van der Waals surface area contributed by atoms with Crippen LogP contribution < -0.4 is 5.73 Å². The smallest absolute Gasteiger partial charge is 0.219 e.